The molecule has 0 radical (unpaired) electrons. The van der Waals surface area contributed by atoms with Crippen LogP contribution in [0.1, 0.15) is 35.8 Å². The first-order valence-electron chi connectivity index (χ1n) is 9.51. The minimum absolute atomic E-state index is 0.144. The zero-order valence-electron chi connectivity index (χ0n) is 16.6. The predicted molar refractivity (Wildman–Crippen MR) is 110 cm³/mol. The van der Waals surface area contributed by atoms with Crippen molar-refractivity contribution in [2.24, 2.45) is 0 Å². The van der Waals surface area contributed by atoms with Crippen LogP contribution < -0.4 is 10.2 Å². The quantitative estimate of drug-likeness (QED) is 0.687. The molecule has 8 nitrogen and oxygen atoms in total. The molecule has 0 bridgehead atoms. The number of hydrogen-bond acceptors (Lipinski definition) is 8. The number of carbonyl (C=O) groups is 1. The smallest absolute Gasteiger partial charge is 0.273 e. The molecule has 0 aromatic carbocycles. The van der Waals surface area contributed by atoms with Gasteiger partial charge in [-0.15, -0.1) is 0 Å². The van der Waals surface area contributed by atoms with Crippen LogP contribution in [0.5, 0.6) is 0 Å². The summed E-state index contributed by atoms with van der Waals surface area (Å²) in [5.41, 5.74) is 2.11. The van der Waals surface area contributed by atoms with Crippen LogP contribution in [0.2, 0.25) is 0 Å². The molecule has 4 rings (SSSR count). The maximum atomic E-state index is 12.4. The molecule has 1 N–H and O–H groups in total. The molecule has 2 atom stereocenters. The van der Waals surface area contributed by atoms with E-state index in [0.29, 0.717) is 12.3 Å². The number of amides is 1. The van der Waals surface area contributed by atoms with Gasteiger partial charge in [0.05, 0.1) is 29.3 Å². The number of aryl methyl sites for hydroxylation is 1. The Morgan fingerprint density at radius 2 is 2.00 bits per heavy atom. The molecule has 1 saturated heterocycles. The van der Waals surface area contributed by atoms with Gasteiger partial charge >= 0.3 is 0 Å². The van der Waals surface area contributed by atoms with E-state index >= 15 is 0 Å². The fourth-order valence-electron chi connectivity index (χ4n) is 3.39. The summed E-state index contributed by atoms with van der Waals surface area (Å²) in [5, 5.41) is 7.60. The van der Waals surface area contributed by atoms with Gasteiger partial charge in [0, 0.05) is 31.5 Å². The lowest BCUT2D eigenvalue weighted by Crippen LogP contribution is -2.45. The van der Waals surface area contributed by atoms with Crippen LogP contribution >= 0.6 is 11.3 Å². The van der Waals surface area contributed by atoms with Gasteiger partial charge in [-0.25, -0.2) is 4.98 Å². The maximum Gasteiger partial charge on any atom is 0.273 e. The number of carbonyl (C=O) groups excluding carboxylic acids is 1. The summed E-state index contributed by atoms with van der Waals surface area (Å²) < 4.78 is 10.8. The number of hydrogen-bond donors (Lipinski definition) is 1. The van der Waals surface area contributed by atoms with E-state index in [2.05, 4.69) is 34.2 Å². The molecule has 9 heteroatoms. The summed E-state index contributed by atoms with van der Waals surface area (Å²) in [6.45, 7) is 7.77. The van der Waals surface area contributed by atoms with Crippen LogP contribution in [0.4, 0.5) is 5.13 Å². The summed E-state index contributed by atoms with van der Waals surface area (Å²) >= 11 is 1.62. The van der Waals surface area contributed by atoms with Crippen molar-refractivity contribution in [1.82, 2.24) is 20.4 Å². The second kappa shape index (κ2) is 8.30. The van der Waals surface area contributed by atoms with E-state index in [-0.39, 0.29) is 23.8 Å². The zero-order chi connectivity index (χ0) is 20.4. The van der Waals surface area contributed by atoms with E-state index in [1.165, 1.54) is 0 Å². The average Bonchev–Trinajstić information content (AvgIpc) is 3.32. The third-order valence-electron chi connectivity index (χ3n) is 4.60. The van der Waals surface area contributed by atoms with Gasteiger partial charge in [0.25, 0.3) is 5.91 Å². The van der Waals surface area contributed by atoms with Crippen molar-refractivity contribution in [3.8, 4) is 10.4 Å². The Labute approximate surface area is 172 Å². The van der Waals surface area contributed by atoms with Crippen molar-refractivity contribution >= 4 is 22.4 Å². The molecular weight excluding hydrogens is 390 g/mol. The number of thiazole rings is 1. The lowest BCUT2D eigenvalue weighted by molar-refractivity contribution is -0.00523. The fraction of sp³-hybridized carbons (Fsp3) is 0.400. The Balaban J connectivity index is 1.59. The van der Waals surface area contributed by atoms with Crippen LogP contribution in [0.15, 0.2) is 35.1 Å². The molecule has 1 fully saturated rings. The molecule has 0 unspecified atom stereocenters. The van der Waals surface area contributed by atoms with Gasteiger partial charge in [0.2, 0.25) is 0 Å². The monoisotopic (exact) mass is 413 g/mol. The standard InChI is InChI=1S/C20H23N5O3S/c1-12-8-16(24-28-12)19(26)22-9-17-18(15-4-6-21-7-5-15)29-20(23-17)25-10-13(2)27-14(3)11-25/h4-8,13-14H,9-11H2,1-3H3,(H,22,26)/t13-,14+. The summed E-state index contributed by atoms with van der Waals surface area (Å²) in [6, 6.07) is 5.52. The van der Waals surface area contributed by atoms with Gasteiger partial charge in [-0.05, 0) is 38.5 Å². The van der Waals surface area contributed by atoms with Crippen molar-refractivity contribution in [3.63, 3.8) is 0 Å². The molecule has 3 aromatic rings. The van der Waals surface area contributed by atoms with Crippen LogP contribution in [-0.4, -0.2) is 46.3 Å². The highest BCUT2D eigenvalue weighted by Crippen LogP contribution is 2.35. The summed E-state index contributed by atoms with van der Waals surface area (Å²) in [7, 11) is 0. The number of rotatable bonds is 5. The van der Waals surface area contributed by atoms with Crippen molar-refractivity contribution in [2.75, 3.05) is 18.0 Å². The first kappa shape index (κ1) is 19.5. The topological polar surface area (TPSA) is 93.4 Å². The Morgan fingerprint density at radius 1 is 1.28 bits per heavy atom. The van der Waals surface area contributed by atoms with Crippen molar-refractivity contribution in [3.05, 3.63) is 47.7 Å². The lowest BCUT2D eigenvalue weighted by atomic mass is 10.2. The van der Waals surface area contributed by atoms with E-state index in [0.717, 1.165) is 34.4 Å². The van der Waals surface area contributed by atoms with Crippen molar-refractivity contribution in [2.45, 2.75) is 39.5 Å². The molecule has 0 aliphatic carbocycles. The molecule has 4 heterocycles. The van der Waals surface area contributed by atoms with Crippen LogP contribution in [0.3, 0.4) is 0 Å². The van der Waals surface area contributed by atoms with E-state index in [1.807, 2.05) is 12.1 Å². The minimum Gasteiger partial charge on any atom is -0.372 e. The maximum absolute atomic E-state index is 12.4. The molecule has 0 spiro atoms. The van der Waals surface area contributed by atoms with E-state index < -0.39 is 0 Å². The Hall–Kier alpha value is -2.78. The van der Waals surface area contributed by atoms with Gasteiger partial charge in [-0.3, -0.25) is 9.78 Å². The zero-order valence-corrected chi connectivity index (χ0v) is 17.4. The normalized spacial score (nSPS) is 19.3. The summed E-state index contributed by atoms with van der Waals surface area (Å²) in [6.07, 6.45) is 3.80. The predicted octanol–water partition coefficient (Wildman–Crippen LogP) is 3.05. The van der Waals surface area contributed by atoms with Gasteiger partial charge < -0.3 is 19.5 Å². The van der Waals surface area contributed by atoms with E-state index in [9.17, 15) is 4.79 Å². The third kappa shape index (κ3) is 4.46. The van der Waals surface area contributed by atoms with Crippen LogP contribution in [0.25, 0.3) is 10.4 Å². The first-order chi connectivity index (χ1) is 14.0. The van der Waals surface area contributed by atoms with Gasteiger partial charge in [0.1, 0.15) is 5.76 Å². The van der Waals surface area contributed by atoms with Gasteiger partial charge in [0.15, 0.2) is 10.8 Å². The summed E-state index contributed by atoms with van der Waals surface area (Å²) in [4.78, 5) is 24.6. The Bertz CT molecular complexity index is 977. The molecule has 1 aliphatic heterocycles. The average molecular weight is 414 g/mol. The SMILES string of the molecule is Cc1cc(C(=O)NCc2nc(N3C[C@@H](C)O[C@@H](C)C3)sc2-c2ccncc2)no1. The minimum atomic E-state index is -0.286. The molecule has 1 amide bonds. The molecule has 152 valence electrons. The fourth-order valence-corrected chi connectivity index (χ4v) is 4.49. The number of aromatic nitrogens is 3. The second-order valence-electron chi connectivity index (χ2n) is 7.18. The van der Waals surface area contributed by atoms with Gasteiger partial charge in [-0.2, -0.15) is 0 Å². The second-order valence-corrected chi connectivity index (χ2v) is 8.15. The van der Waals surface area contributed by atoms with Gasteiger partial charge in [-0.1, -0.05) is 16.5 Å². The number of pyridine rings is 1. The van der Waals surface area contributed by atoms with E-state index in [4.69, 9.17) is 14.2 Å². The number of morpholine rings is 1. The van der Waals surface area contributed by atoms with Crippen molar-refractivity contribution < 1.29 is 14.1 Å². The molecule has 3 aromatic heterocycles. The summed E-state index contributed by atoms with van der Waals surface area (Å²) in [5.74, 6) is 0.310. The molecule has 0 saturated carbocycles. The number of anilines is 1. The molecular formula is C20H23N5O3S. The number of ether oxygens (including phenoxy) is 1. The van der Waals surface area contributed by atoms with E-state index in [1.54, 1.807) is 36.7 Å². The van der Waals surface area contributed by atoms with Crippen LogP contribution in [-0.2, 0) is 11.3 Å². The van der Waals surface area contributed by atoms with Crippen molar-refractivity contribution in [1.29, 1.82) is 0 Å². The highest BCUT2D eigenvalue weighted by atomic mass is 32.1. The first-order valence-corrected chi connectivity index (χ1v) is 10.3. The number of nitrogens with one attached hydrogen (secondary N) is 1. The highest BCUT2D eigenvalue weighted by molar-refractivity contribution is 7.19. The highest BCUT2D eigenvalue weighted by Gasteiger charge is 2.26. The lowest BCUT2D eigenvalue weighted by Gasteiger charge is -2.35. The number of nitrogens with zero attached hydrogens (tertiary/aromatic N) is 4. The molecule has 1 aliphatic rings. The Kier molecular flexibility index (Phi) is 5.59. The molecule has 29 heavy (non-hydrogen) atoms. The largest absolute Gasteiger partial charge is 0.372 e. The third-order valence-corrected chi connectivity index (χ3v) is 5.80. The Morgan fingerprint density at radius 3 is 2.66 bits per heavy atom. The van der Waals surface area contributed by atoms with Crippen LogP contribution in [0, 0.1) is 6.92 Å².